The Morgan fingerprint density at radius 2 is 1.53 bits per heavy atom. The minimum atomic E-state index is -0.101. The van der Waals surface area contributed by atoms with Crippen LogP contribution in [0.3, 0.4) is 0 Å². The maximum atomic E-state index is 6.74. The van der Waals surface area contributed by atoms with Crippen molar-refractivity contribution in [1.29, 1.82) is 0 Å². The van der Waals surface area contributed by atoms with Crippen molar-refractivity contribution in [1.82, 2.24) is 0 Å². The molecule has 0 aliphatic carbocycles. The van der Waals surface area contributed by atoms with E-state index in [0.717, 1.165) is 10.0 Å². The Bertz CT molecular complexity index is 591. The van der Waals surface area contributed by atoms with Gasteiger partial charge in [0.1, 0.15) is 0 Å². The highest BCUT2D eigenvalue weighted by Gasteiger charge is 2.18. The Kier molecular flexibility index (Phi) is 4.37. The molecule has 0 fully saturated rings. The predicted octanol–water partition coefficient (Wildman–Crippen LogP) is 6.01. The van der Waals surface area contributed by atoms with Crippen molar-refractivity contribution in [2.24, 2.45) is 0 Å². The van der Waals surface area contributed by atoms with E-state index in [-0.39, 0.29) is 5.38 Å². The Balaban J connectivity index is 2.59. The Morgan fingerprint density at radius 1 is 0.947 bits per heavy atom. The van der Waals surface area contributed by atoms with Gasteiger partial charge in [0.05, 0.1) is 5.38 Å². The molecule has 2 aromatic carbocycles. The second-order valence-electron chi connectivity index (χ2n) is 5.09. The second kappa shape index (κ2) is 5.68. The summed E-state index contributed by atoms with van der Waals surface area (Å²) in [4.78, 5) is 0. The van der Waals surface area contributed by atoms with Gasteiger partial charge < -0.3 is 0 Å². The van der Waals surface area contributed by atoms with E-state index in [4.69, 9.17) is 11.6 Å². The van der Waals surface area contributed by atoms with Crippen LogP contribution in [0.25, 0.3) is 0 Å². The fraction of sp³-hybridized carbons (Fsp3) is 0.294. The maximum absolute atomic E-state index is 6.74. The van der Waals surface area contributed by atoms with Crippen LogP contribution in [0.2, 0.25) is 0 Å². The highest BCUT2D eigenvalue weighted by molar-refractivity contribution is 9.10. The minimum absolute atomic E-state index is 0.101. The highest BCUT2D eigenvalue weighted by Crippen LogP contribution is 2.36. The van der Waals surface area contributed by atoms with E-state index >= 15 is 0 Å². The fourth-order valence-corrected chi connectivity index (χ4v) is 3.34. The molecule has 0 radical (unpaired) electrons. The van der Waals surface area contributed by atoms with E-state index in [0.29, 0.717) is 0 Å². The lowest BCUT2D eigenvalue weighted by molar-refractivity contribution is 1.05. The molecule has 0 aliphatic heterocycles. The molecular formula is C17H18BrCl. The van der Waals surface area contributed by atoms with Crippen LogP contribution < -0.4 is 0 Å². The number of rotatable bonds is 2. The molecule has 0 saturated carbocycles. The number of alkyl halides is 1. The second-order valence-corrected chi connectivity index (χ2v) is 6.44. The third-order valence-electron chi connectivity index (χ3n) is 3.82. The van der Waals surface area contributed by atoms with Gasteiger partial charge >= 0.3 is 0 Å². The SMILES string of the molecule is Cc1cc(C)c(C)c(C(Cl)c2cccc(Br)c2)c1C. The lowest BCUT2D eigenvalue weighted by Gasteiger charge is -2.20. The van der Waals surface area contributed by atoms with E-state index in [9.17, 15) is 0 Å². The summed E-state index contributed by atoms with van der Waals surface area (Å²) in [5.41, 5.74) is 7.58. The van der Waals surface area contributed by atoms with Crippen LogP contribution in [-0.4, -0.2) is 0 Å². The van der Waals surface area contributed by atoms with Crippen molar-refractivity contribution in [3.8, 4) is 0 Å². The molecule has 1 atom stereocenters. The summed E-state index contributed by atoms with van der Waals surface area (Å²) in [6.07, 6.45) is 0. The number of hydrogen-bond donors (Lipinski definition) is 0. The van der Waals surface area contributed by atoms with E-state index in [1.807, 2.05) is 12.1 Å². The number of benzene rings is 2. The number of aryl methyl sites for hydroxylation is 2. The maximum Gasteiger partial charge on any atom is 0.0841 e. The van der Waals surface area contributed by atoms with Crippen LogP contribution in [0.15, 0.2) is 34.8 Å². The summed E-state index contributed by atoms with van der Waals surface area (Å²) in [6.45, 7) is 8.61. The van der Waals surface area contributed by atoms with Gasteiger partial charge in [0.15, 0.2) is 0 Å². The third-order valence-corrected chi connectivity index (χ3v) is 4.78. The molecule has 0 nitrogen and oxygen atoms in total. The monoisotopic (exact) mass is 336 g/mol. The Hall–Kier alpha value is -0.790. The standard InChI is InChI=1S/C17H18BrCl/c1-10-8-11(2)13(4)16(12(10)3)17(19)14-6-5-7-15(18)9-14/h5-9,17H,1-4H3. The van der Waals surface area contributed by atoms with Gasteiger partial charge in [-0.15, -0.1) is 11.6 Å². The van der Waals surface area contributed by atoms with Crippen LogP contribution in [0.1, 0.15) is 38.8 Å². The average Bonchev–Trinajstić information content (AvgIpc) is 2.36. The highest BCUT2D eigenvalue weighted by atomic mass is 79.9. The van der Waals surface area contributed by atoms with Crippen molar-refractivity contribution in [3.05, 3.63) is 68.2 Å². The fourth-order valence-electron chi connectivity index (χ4n) is 2.46. The van der Waals surface area contributed by atoms with Crippen molar-refractivity contribution >= 4 is 27.5 Å². The first-order valence-corrected chi connectivity index (χ1v) is 7.61. The minimum Gasteiger partial charge on any atom is -0.113 e. The lowest BCUT2D eigenvalue weighted by Crippen LogP contribution is -2.03. The summed E-state index contributed by atoms with van der Waals surface area (Å²) in [5.74, 6) is 0. The topological polar surface area (TPSA) is 0 Å². The van der Waals surface area contributed by atoms with Crippen molar-refractivity contribution in [2.45, 2.75) is 33.1 Å². The van der Waals surface area contributed by atoms with Gasteiger partial charge in [-0.25, -0.2) is 0 Å². The predicted molar refractivity (Wildman–Crippen MR) is 87.2 cm³/mol. The molecule has 0 amide bonds. The normalized spacial score (nSPS) is 12.5. The summed E-state index contributed by atoms with van der Waals surface area (Å²) in [7, 11) is 0. The molecule has 0 spiro atoms. The number of hydrogen-bond acceptors (Lipinski definition) is 0. The van der Waals surface area contributed by atoms with Gasteiger partial charge in [-0.3, -0.25) is 0 Å². The molecule has 2 aromatic rings. The molecule has 0 N–H and O–H groups in total. The summed E-state index contributed by atoms with van der Waals surface area (Å²) >= 11 is 10.2. The summed E-state index contributed by atoms with van der Waals surface area (Å²) < 4.78 is 1.07. The van der Waals surface area contributed by atoms with Gasteiger partial charge in [-0.1, -0.05) is 34.1 Å². The molecule has 19 heavy (non-hydrogen) atoms. The molecule has 0 aliphatic rings. The van der Waals surface area contributed by atoms with E-state index < -0.39 is 0 Å². The zero-order valence-electron chi connectivity index (χ0n) is 11.7. The van der Waals surface area contributed by atoms with Crippen molar-refractivity contribution in [3.63, 3.8) is 0 Å². The largest absolute Gasteiger partial charge is 0.113 e. The molecular weight excluding hydrogens is 320 g/mol. The molecule has 0 aromatic heterocycles. The van der Waals surface area contributed by atoms with E-state index in [1.165, 1.54) is 27.8 Å². The van der Waals surface area contributed by atoms with E-state index in [1.54, 1.807) is 0 Å². The lowest BCUT2D eigenvalue weighted by atomic mass is 9.90. The van der Waals surface area contributed by atoms with Gasteiger partial charge in [0, 0.05) is 4.47 Å². The average molecular weight is 338 g/mol. The van der Waals surface area contributed by atoms with E-state index in [2.05, 4.69) is 61.8 Å². The van der Waals surface area contributed by atoms with Crippen LogP contribution in [0.5, 0.6) is 0 Å². The molecule has 0 bridgehead atoms. The van der Waals surface area contributed by atoms with Gasteiger partial charge in [-0.2, -0.15) is 0 Å². The van der Waals surface area contributed by atoms with Crippen LogP contribution >= 0.6 is 27.5 Å². The zero-order chi connectivity index (χ0) is 14.2. The Labute approximate surface area is 128 Å². The Morgan fingerprint density at radius 3 is 2.05 bits per heavy atom. The van der Waals surface area contributed by atoms with Crippen molar-refractivity contribution in [2.75, 3.05) is 0 Å². The van der Waals surface area contributed by atoms with Crippen molar-refractivity contribution < 1.29 is 0 Å². The molecule has 2 rings (SSSR count). The molecule has 0 saturated heterocycles. The molecule has 0 heterocycles. The summed E-state index contributed by atoms with van der Waals surface area (Å²) in [5, 5.41) is -0.101. The zero-order valence-corrected chi connectivity index (χ0v) is 14.1. The van der Waals surface area contributed by atoms with Gasteiger partial charge in [0.2, 0.25) is 0 Å². The molecule has 100 valence electrons. The van der Waals surface area contributed by atoms with Crippen LogP contribution in [0.4, 0.5) is 0 Å². The first-order chi connectivity index (χ1) is 8.91. The first-order valence-electron chi connectivity index (χ1n) is 6.38. The quantitative estimate of drug-likeness (QED) is 0.589. The first kappa shape index (κ1) is 14.6. The molecule has 2 heteroatoms. The molecule has 1 unspecified atom stereocenters. The number of halogens is 2. The van der Waals surface area contributed by atoms with Gasteiger partial charge in [0.25, 0.3) is 0 Å². The van der Waals surface area contributed by atoms with Gasteiger partial charge in [-0.05, 0) is 73.2 Å². The summed E-state index contributed by atoms with van der Waals surface area (Å²) in [6, 6.07) is 10.5. The smallest absolute Gasteiger partial charge is 0.0841 e. The van der Waals surface area contributed by atoms with Crippen LogP contribution in [-0.2, 0) is 0 Å². The van der Waals surface area contributed by atoms with Crippen LogP contribution in [0, 0.1) is 27.7 Å². The third kappa shape index (κ3) is 2.88.